The third-order valence-corrected chi connectivity index (χ3v) is 2.05. The maximum Gasteiger partial charge on any atom is 0.0905 e. The van der Waals surface area contributed by atoms with E-state index in [0.717, 1.165) is 41.5 Å². The molecule has 0 heterocycles. The van der Waals surface area contributed by atoms with Crippen molar-refractivity contribution in [2.24, 2.45) is 0 Å². The first-order valence-corrected chi connectivity index (χ1v) is 9.19. The van der Waals surface area contributed by atoms with E-state index in [1.807, 2.05) is 0 Å². The van der Waals surface area contributed by atoms with E-state index in [0.29, 0.717) is 0 Å². The molecule has 0 radical (unpaired) electrons. The van der Waals surface area contributed by atoms with E-state index in [4.69, 9.17) is 30.6 Å². The smallest absolute Gasteiger partial charge is 0.0905 e. The molecule has 0 rings (SSSR count). The summed E-state index contributed by atoms with van der Waals surface area (Å²) in [6, 6.07) is 0. The van der Waals surface area contributed by atoms with Crippen molar-refractivity contribution in [3.8, 4) is 0 Å². The molecule has 0 aromatic heterocycles. The van der Waals surface area contributed by atoms with Gasteiger partial charge in [-0.25, -0.2) is 0 Å². The van der Waals surface area contributed by atoms with E-state index in [2.05, 4.69) is 0 Å². The van der Waals surface area contributed by atoms with Gasteiger partial charge in [-0.15, -0.1) is 0 Å². The molecule has 6 unspecified atom stereocenters. The van der Waals surface area contributed by atoms with Crippen LogP contribution in [-0.4, -0.2) is 103 Å². The summed E-state index contributed by atoms with van der Waals surface area (Å²) in [6.07, 6.45) is -8.06. The van der Waals surface area contributed by atoms with Crippen molar-refractivity contribution in [1.29, 1.82) is 0 Å². The van der Waals surface area contributed by atoms with E-state index in [9.17, 15) is 59.4 Å². The summed E-state index contributed by atoms with van der Waals surface area (Å²) >= 11 is 0. The number of carbonyl (C=O) groups is 6. The Balaban J connectivity index is -0.0000000581. The van der Waals surface area contributed by atoms with Gasteiger partial charge in [-0.05, 0) is 41.5 Å². The zero-order valence-electron chi connectivity index (χ0n) is 20.5. The Labute approximate surface area is 234 Å². The molecule has 0 aromatic carbocycles. The fraction of sp³-hybridized carbons (Fsp3) is 0.667. The Kier molecular flexibility index (Phi) is 43.9. The van der Waals surface area contributed by atoms with Crippen LogP contribution in [0.2, 0.25) is 0 Å². The molecule has 18 nitrogen and oxygen atoms in total. The molecule has 19 heteroatoms. The average molecular weight is 772 g/mol. The van der Waals surface area contributed by atoms with Gasteiger partial charge in [0.1, 0.15) is 0 Å². The zero-order chi connectivity index (χ0) is 30.9. The van der Waals surface area contributed by atoms with E-state index in [1.54, 1.807) is 0 Å². The quantitative estimate of drug-likeness (QED) is 0.146. The summed E-state index contributed by atoms with van der Waals surface area (Å²) in [5.41, 5.74) is 0. The summed E-state index contributed by atoms with van der Waals surface area (Å²) in [5, 5.41) is 104. The van der Waals surface area contributed by atoms with Crippen molar-refractivity contribution >= 4 is 35.8 Å². The number of aliphatic carboxylic acids is 6. The molecule has 220 valence electrons. The van der Waals surface area contributed by atoms with Crippen molar-refractivity contribution in [2.75, 3.05) is 0 Å². The maximum absolute atomic E-state index is 9.34. The minimum atomic E-state index is -1.44. The second-order valence-electron chi connectivity index (χ2n) is 5.97. The molecule has 0 bridgehead atoms. The van der Waals surface area contributed by atoms with Crippen LogP contribution in [0.3, 0.4) is 0 Å². The Hall–Kier alpha value is -2.37. The van der Waals surface area contributed by atoms with Gasteiger partial charge < -0.3 is 90.0 Å². The van der Waals surface area contributed by atoms with E-state index in [-0.39, 0.29) is 31.1 Å². The van der Waals surface area contributed by atoms with Crippen molar-refractivity contribution in [3.05, 3.63) is 0 Å². The summed E-state index contributed by atoms with van der Waals surface area (Å²) in [7, 11) is 0. The Bertz CT molecular complexity index is 489. The van der Waals surface area contributed by atoms with Gasteiger partial charge in [0.25, 0.3) is 0 Å². The number of aliphatic hydroxyl groups excluding tert-OH is 6. The second kappa shape index (κ2) is 31.7. The minimum Gasteiger partial charge on any atom is -0.547 e. The van der Waals surface area contributed by atoms with Crippen LogP contribution < -0.4 is 30.6 Å². The van der Waals surface area contributed by atoms with Crippen LogP contribution in [0.1, 0.15) is 41.5 Å². The van der Waals surface area contributed by atoms with Gasteiger partial charge in [-0.3, -0.25) is 0 Å². The van der Waals surface area contributed by atoms with Crippen molar-refractivity contribution in [2.45, 2.75) is 78.2 Å². The van der Waals surface area contributed by atoms with Crippen molar-refractivity contribution in [1.82, 2.24) is 0 Å². The number of rotatable bonds is 6. The fourth-order valence-corrected chi connectivity index (χ4v) is 0. The van der Waals surface area contributed by atoms with Gasteiger partial charge in [0.05, 0.1) is 72.4 Å². The van der Waals surface area contributed by atoms with Gasteiger partial charge in [0.2, 0.25) is 0 Å². The number of carbonyl (C=O) groups excluding carboxylic acids is 6. The van der Waals surface area contributed by atoms with Crippen LogP contribution in [-0.2, 0) is 28.8 Å². The monoisotopic (exact) mass is 772 g/mol. The second-order valence-corrected chi connectivity index (χ2v) is 5.97. The van der Waals surface area contributed by atoms with Gasteiger partial charge in [0.15, 0.2) is 0 Å². The number of carboxylic acids is 6. The molecule has 37 heavy (non-hydrogen) atoms. The standard InChI is InChI=1S/6C3H6O3.U/c6*1-2(4)3(5)6;/h6*2,4H,1H3,(H,5,6);/p-6. The van der Waals surface area contributed by atoms with Crippen molar-refractivity contribution in [3.63, 3.8) is 0 Å². The number of carboxylic acid groups (broad SMARTS) is 6. The Morgan fingerprint density at radius 1 is 0.351 bits per heavy atom. The van der Waals surface area contributed by atoms with Gasteiger partial charge in [0, 0.05) is 31.1 Å². The number of hydrogen-bond acceptors (Lipinski definition) is 18. The predicted molar refractivity (Wildman–Crippen MR) is 100 cm³/mol. The van der Waals surface area contributed by atoms with Crippen LogP contribution in [0.4, 0.5) is 0 Å². The van der Waals surface area contributed by atoms with Gasteiger partial charge in [-0.1, -0.05) is 0 Å². The molecule has 0 aliphatic heterocycles. The van der Waals surface area contributed by atoms with E-state index >= 15 is 0 Å². The number of hydrogen-bond donors (Lipinski definition) is 6. The molecule has 0 aliphatic carbocycles. The largest absolute Gasteiger partial charge is 0.547 e. The molecule has 0 spiro atoms. The molecule has 0 saturated heterocycles. The third-order valence-electron chi connectivity index (χ3n) is 2.05. The Morgan fingerprint density at radius 2 is 0.378 bits per heavy atom. The molecule has 6 atom stereocenters. The SMILES string of the molecule is CC(O)C(=O)[O-].CC(O)C(=O)[O-].CC(O)C(=O)[O-].CC(O)C(=O)[O-].CC(O)C(=O)[O-].CC(O)C(=O)[O-].[U]. The first-order valence-electron chi connectivity index (χ1n) is 9.19. The summed E-state index contributed by atoms with van der Waals surface area (Å²) in [5.74, 6) is -8.61. The predicted octanol–water partition coefficient (Wildman–Crippen LogP) is -11.3. The summed E-state index contributed by atoms with van der Waals surface area (Å²) in [4.78, 5) is 56.0. The molecule has 0 amide bonds. The van der Waals surface area contributed by atoms with Gasteiger partial charge >= 0.3 is 0 Å². The first kappa shape index (κ1) is 51.3. The van der Waals surface area contributed by atoms with Crippen LogP contribution in [0.15, 0.2) is 0 Å². The molecule has 0 aromatic rings. The summed E-state index contributed by atoms with van der Waals surface area (Å²) < 4.78 is 0. The van der Waals surface area contributed by atoms with Crippen LogP contribution in [0.5, 0.6) is 0 Å². The first-order chi connectivity index (χ1) is 15.9. The topological polar surface area (TPSA) is 362 Å². The van der Waals surface area contributed by atoms with Crippen LogP contribution in [0, 0.1) is 31.1 Å². The van der Waals surface area contributed by atoms with E-state index < -0.39 is 72.4 Å². The van der Waals surface area contributed by atoms with Crippen LogP contribution in [0.25, 0.3) is 0 Å². The summed E-state index contributed by atoms with van der Waals surface area (Å²) in [6.45, 7) is 6.81. The normalized spacial score (nSPS) is 13.3. The molecule has 0 aliphatic rings. The van der Waals surface area contributed by atoms with E-state index in [1.165, 1.54) is 0 Å². The van der Waals surface area contributed by atoms with Crippen LogP contribution >= 0.6 is 0 Å². The average Bonchev–Trinajstić information content (AvgIpc) is 2.69. The van der Waals surface area contributed by atoms with Gasteiger partial charge in [-0.2, -0.15) is 0 Å². The Morgan fingerprint density at radius 3 is 0.378 bits per heavy atom. The molecule has 0 saturated carbocycles. The maximum atomic E-state index is 9.34. The molecular formula is C18H30O18U-6. The third kappa shape index (κ3) is 71.9. The molecule has 0 fully saturated rings. The molecule has 6 N–H and O–H groups in total. The zero-order valence-corrected chi connectivity index (χ0v) is 24.7. The molecular weight excluding hydrogens is 742 g/mol. The van der Waals surface area contributed by atoms with Crippen molar-refractivity contribution < 1.29 is 121 Å². The fourth-order valence-electron chi connectivity index (χ4n) is 0. The minimum absolute atomic E-state index is 0. The number of aliphatic hydroxyl groups is 6.